The molecular formula is C7H16GeS2. The Kier molecular flexibility index (Phi) is 3.51. The Hall–Kier alpha value is 1.24. The average Bonchev–Trinajstić information content (AvgIpc) is 1.88. The molecule has 0 aromatic heterocycles. The van der Waals surface area contributed by atoms with E-state index in [2.05, 4.69) is 40.8 Å². The third kappa shape index (κ3) is 2.70. The minimum atomic E-state index is -1.29. The van der Waals surface area contributed by atoms with Gasteiger partial charge in [-0.05, 0) is 0 Å². The van der Waals surface area contributed by atoms with Crippen LogP contribution in [-0.2, 0) is 0 Å². The van der Waals surface area contributed by atoms with Crippen molar-refractivity contribution in [2.75, 3.05) is 11.5 Å². The summed E-state index contributed by atoms with van der Waals surface area (Å²) in [6, 6.07) is 0. The third-order valence-corrected chi connectivity index (χ3v) is 16.4. The first-order valence-corrected chi connectivity index (χ1v) is 13.4. The van der Waals surface area contributed by atoms with E-state index in [0.717, 1.165) is 3.41 Å². The number of hydrogen-bond acceptors (Lipinski definition) is 2. The molecule has 0 aliphatic carbocycles. The summed E-state index contributed by atoms with van der Waals surface area (Å²) in [5.41, 5.74) is 0. The van der Waals surface area contributed by atoms with E-state index in [-0.39, 0.29) is 0 Å². The van der Waals surface area contributed by atoms with Gasteiger partial charge in [0.2, 0.25) is 0 Å². The van der Waals surface area contributed by atoms with Crippen molar-refractivity contribution in [2.45, 2.75) is 27.1 Å². The number of thioether (sulfide) groups is 2. The molecule has 1 fully saturated rings. The topological polar surface area (TPSA) is 0 Å². The molecule has 0 amide bonds. The molecule has 1 aliphatic rings. The average molecular weight is 237 g/mol. The van der Waals surface area contributed by atoms with Crippen molar-refractivity contribution in [3.63, 3.8) is 0 Å². The summed E-state index contributed by atoms with van der Waals surface area (Å²) in [5.74, 6) is 10.4. The molecule has 0 bridgehead atoms. The van der Waals surface area contributed by atoms with E-state index in [1.807, 2.05) is 0 Å². The standard InChI is InChI=1S/C7H16GeS2/c1-8(2,3)7-9-5-4-6-10-7/h7H,4-6H2,1-3H3. The summed E-state index contributed by atoms with van der Waals surface area (Å²) < 4.78 is 1.02. The van der Waals surface area contributed by atoms with Gasteiger partial charge in [0.05, 0.1) is 0 Å². The van der Waals surface area contributed by atoms with Crippen molar-refractivity contribution < 1.29 is 0 Å². The molecule has 0 radical (unpaired) electrons. The van der Waals surface area contributed by atoms with Crippen LogP contribution in [0.5, 0.6) is 0 Å². The zero-order valence-corrected chi connectivity index (χ0v) is 10.7. The Balaban J connectivity index is 2.39. The molecule has 0 spiro atoms. The second-order valence-corrected chi connectivity index (χ2v) is 19.4. The van der Waals surface area contributed by atoms with Crippen molar-refractivity contribution in [2.24, 2.45) is 0 Å². The van der Waals surface area contributed by atoms with E-state index in [1.165, 1.54) is 17.9 Å². The molecule has 0 nitrogen and oxygen atoms in total. The predicted octanol–water partition coefficient (Wildman–Crippen LogP) is 3.06. The van der Waals surface area contributed by atoms with E-state index >= 15 is 0 Å². The number of rotatable bonds is 1. The van der Waals surface area contributed by atoms with Crippen LogP contribution in [0.15, 0.2) is 0 Å². The molecular weight excluding hydrogens is 221 g/mol. The molecule has 0 N–H and O–H groups in total. The van der Waals surface area contributed by atoms with Crippen LogP contribution in [0.3, 0.4) is 0 Å². The fourth-order valence-electron chi connectivity index (χ4n) is 0.988. The predicted molar refractivity (Wildman–Crippen MR) is 56.7 cm³/mol. The van der Waals surface area contributed by atoms with Gasteiger partial charge in [-0.3, -0.25) is 0 Å². The molecule has 60 valence electrons. The van der Waals surface area contributed by atoms with Gasteiger partial charge in [-0.25, -0.2) is 0 Å². The summed E-state index contributed by atoms with van der Waals surface area (Å²) in [5, 5.41) is 0. The van der Waals surface area contributed by atoms with Crippen LogP contribution in [0.1, 0.15) is 6.42 Å². The van der Waals surface area contributed by atoms with Gasteiger partial charge in [0.15, 0.2) is 0 Å². The Morgan fingerprint density at radius 2 is 1.60 bits per heavy atom. The molecule has 1 aliphatic heterocycles. The number of hydrogen-bond donors (Lipinski definition) is 0. The van der Waals surface area contributed by atoms with Gasteiger partial charge in [0.1, 0.15) is 0 Å². The zero-order chi connectivity index (χ0) is 7.61. The fourth-order valence-corrected chi connectivity index (χ4v) is 12.0. The first-order valence-electron chi connectivity index (χ1n) is 3.84. The van der Waals surface area contributed by atoms with E-state index in [9.17, 15) is 0 Å². The van der Waals surface area contributed by atoms with Gasteiger partial charge < -0.3 is 0 Å². The molecule has 1 heterocycles. The van der Waals surface area contributed by atoms with Gasteiger partial charge >= 0.3 is 75.4 Å². The van der Waals surface area contributed by atoms with Gasteiger partial charge in [0.25, 0.3) is 0 Å². The third-order valence-electron chi connectivity index (χ3n) is 1.53. The maximum absolute atomic E-state index is 2.52. The van der Waals surface area contributed by atoms with E-state index in [0.29, 0.717) is 0 Å². The van der Waals surface area contributed by atoms with Crippen molar-refractivity contribution in [1.82, 2.24) is 0 Å². The minimum absolute atomic E-state index is 1.02. The van der Waals surface area contributed by atoms with Crippen LogP contribution in [0, 0.1) is 0 Å². The quantitative estimate of drug-likeness (QED) is 0.642. The van der Waals surface area contributed by atoms with Gasteiger partial charge in [0, 0.05) is 0 Å². The van der Waals surface area contributed by atoms with Crippen molar-refractivity contribution >= 4 is 36.8 Å². The Morgan fingerprint density at radius 1 is 1.10 bits per heavy atom. The summed E-state index contributed by atoms with van der Waals surface area (Å²) >= 11 is 3.14. The SMILES string of the molecule is [CH3][Ge]([CH3])([CH3])[CH]1SCCCS1. The summed E-state index contributed by atoms with van der Waals surface area (Å²) in [4.78, 5) is 0. The Morgan fingerprint density at radius 3 is 1.90 bits per heavy atom. The second kappa shape index (κ2) is 3.77. The summed E-state index contributed by atoms with van der Waals surface area (Å²) in [7, 11) is 0. The normalized spacial score (nSPS) is 23.1. The van der Waals surface area contributed by atoms with Crippen molar-refractivity contribution in [3.05, 3.63) is 0 Å². The molecule has 1 rings (SSSR count). The van der Waals surface area contributed by atoms with E-state index in [1.54, 1.807) is 0 Å². The van der Waals surface area contributed by atoms with Crippen LogP contribution in [0.4, 0.5) is 0 Å². The van der Waals surface area contributed by atoms with Crippen LogP contribution in [0.25, 0.3) is 0 Å². The summed E-state index contributed by atoms with van der Waals surface area (Å²) in [6.07, 6.45) is 1.43. The molecule has 3 heteroatoms. The van der Waals surface area contributed by atoms with Gasteiger partial charge in [-0.15, -0.1) is 0 Å². The Bertz CT molecular complexity index is 103. The van der Waals surface area contributed by atoms with E-state index in [4.69, 9.17) is 0 Å². The molecule has 10 heavy (non-hydrogen) atoms. The van der Waals surface area contributed by atoms with Crippen LogP contribution >= 0.6 is 23.5 Å². The van der Waals surface area contributed by atoms with Crippen LogP contribution in [-0.4, -0.2) is 28.2 Å². The molecule has 0 aromatic carbocycles. The van der Waals surface area contributed by atoms with Crippen molar-refractivity contribution in [3.8, 4) is 0 Å². The van der Waals surface area contributed by atoms with Gasteiger partial charge in [-0.2, -0.15) is 0 Å². The molecule has 0 aromatic rings. The first kappa shape index (κ1) is 9.33. The summed E-state index contributed by atoms with van der Waals surface area (Å²) in [6.45, 7) is 0. The molecule has 0 unspecified atom stereocenters. The van der Waals surface area contributed by atoms with Gasteiger partial charge in [-0.1, -0.05) is 0 Å². The van der Waals surface area contributed by atoms with Crippen LogP contribution in [0.2, 0.25) is 17.3 Å². The fraction of sp³-hybridized carbons (Fsp3) is 1.00. The maximum atomic E-state index is 2.52. The monoisotopic (exact) mass is 238 g/mol. The second-order valence-electron chi connectivity index (χ2n) is 3.79. The Labute approximate surface area is 75.3 Å². The first-order chi connectivity index (χ1) is 4.61. The molecule has 1 saturated heterocycles. The van der Waals surface area contributed by atoms with E-state index < -0.39 is 13.3 Å². The molecule has 0 saturated carbocycles. The zero-order valence-electron chi connectivity index (χ0n) is 7.02. The molecule has 0 atom stereocenters. The van der Waals surface area contributed by atoms with Crippen molar-refractivity contribution in [1.29, 1.82) is 0 Å². The van der Waals surface area contributed by atoms with Crippen LogP contribution < -0.4 is 0 Å².